The summed E-state index contributed by atoms with van der Waals surface area (Å²) < 4.78 is 10.9. The van der Waals surface area contributed by atoms with Crippen molar-refractivity contribution in [1.29, 1.82) is 0 Å². The van der Waals surface area contributed by atoms with Crippen molar-refractivity contribution in [3.63, 3.8) is 0 Å². The van der Waals surface area contributed by atoms with Crippen molar-refractivity contribution < 1.29 is 19.4 Å². The molecule has 0 saturated heterocycles. The van der Waals surface area contributed by atoms with Crippen molar-refractivity contribution in [2.45, 2.75) is 19.1 Å². The lowest BCUT2D eigenvalue weighted by atomic mass is 10.1. The van der Waals surface area contributed by atoms with E-state index in [1.165, 1.54) is 4.90 Å². The first-order valence-electron chi connectivity index (χ1n) is 7.01. The van der Waals surface area contributed by atoms with E-state index in [1.807, 2.05) is 0 Å². The van der Waals surface area contributed by atoms with Crippen LogP contribution < -0.4 is 14.8 Å². The van der Waals surface area contributed by atoms with Crippen LogP contribution in [0.15, 0.2) is 18.2 Å². The van der Waals surface area contributed by atoms with E-state index in [-0.39, 0.29) is 11.9 Å². The molecule has 1 aromatic rings. The monoisotopic (exact) mass is 294 g/mol. The molecule has 0 radical (unpaired) electrons. The summed E-state index contributed by atoms with van der Waals surface area (Å²) in [6, 6.07) is 5.03. The van der Waals surface area contributed by atoms with Crippen LogP contribution in [-0.2, 0) is 4.79 Å². The van der Waals surface area contributed by atoms with Crippen LogP contribution in [0.5, 0.6) is 11.5 Å². The summed E-state index contributed by atoms with van der Waals surface area (Å²) in [4.78, 5) is 13.3. The molecule has 21 heavy (non-hydrogen) atoms. The number of hydrogen-bond donors (Lipinski definition) is 2. The first kappa shape index (κ1) is 15.6. The molecule has 0 spiro atoms. The molecule has 0 fully saturated rings. The molecule has 116 valence electrons. The lowest BCUT2D eigenvalue weighted by Crippen LogP contribution is -2.42. The van der Waals surface area contributed by atoms with Crippen LogP contribution in [0.1, 0.15) is 18.6 Å². The number of aliphatic hydroxyl groups is 1. The zero-order chi connectivity index (χ0) is 15.4. The molecule has 6 nitrogen and oxygen atoms in total. The van der Waals surface area contributed by atoms with Crippen LogP contribution >= 0.6 is 0 Å². The van der Waals surface area contributed by atoms with Gasteiger partial charge in [-0.15, -0.1) is 0 Å². The molecule has 0 aromatic heterocycles. The number of benzene rings is 1. The van der Waals surface area contributed by atoms with E-state index in [0.717, 1.165) is 5.56 Å². The Bertz CT molecular complexity index is 504. The molecule has 0 bridgehead atoms. The Morgan fingerprint density at radius 2 is 2.00 bits per heavy atom. The van der Waals surface area contributed by atoms with E-state index >= 15 is 0 Å². The Morgan fingerprint density at radius 1 is 1.33 bits per heavy atom. The van der Waals surface area contributed by atoms with E-state index in [0.29, 0.717) is 31.3 Å². The highest BCUT2D eigenvalue weighted by atomic mass is 16.6. The van der Waals surface area contributed by atoms with Crippen molar-refractivity contribution in [3.05, 3.63) is 23.8 Å². The number of ether oxygens (including phenoxy) is 2. The maximum Gasteiger partial charge on any atom is 0.238 e. The normalized spacial score (nSPS) is 16.2. The van der Waals surface area contributed by atoms with Crippen LogP contribution in [0, 0.1) is 0 Å². The van der Waals surface area contributed by atoms with Gasteiger partial charge in [0.05, 0.1) is 12.1 Å². The average Bonchev–Trinajstić information content (AvgIpc) is 2.50. The summed E-state index contributed by atoms with van der Waals surface area (Å²) in [5, 5.41) is 13.2. The van der Waals surface area contributed by atoms with E-state index in [4.69, 9.17) is 9.47 Å². The number of nitrogens with zero attached hydrogens (tertiary/aromatic N) is 1. The van der Waals surface area contributed by atoms with Gasteiger partial charge in [-0.05, 0) is 24.6 Å². The van der Waals surface area contributed by atoms with Gasteiger partial charge in [0.1, 0.15) is 13.2 Å². The number of hydrogen-bond acceptors (Lipinski definition) is 5. The molecular formula is C15H22N2O4. The standard InChI is InChI=1S/C15H22N2O4/c1-10(15(19)17(2)3)16-9-12(18)11-4-5-13-14(8-11)21-7-6-20-13/h4-5,8,10,12,16,18H,6-7,9H2,1-3H3. The lowest BCUT2D eigenvalue weighted by Gasteiger charge is -2.22. The number of amides is 1. The van der Waals surface area contributed by atoms with E-state index in [1.54, 1.807) is 39.2 Å². The zero-order valence-electron chi connectivity index (χ0n) is 12.6. The second-order valence-corrected chi connectivity index (χ2v) is 5.28. The molecule has 2 N–H and O–H groups in total. The van der Waals surface area contributed by atoms with Crippen molar-refractivity contribution in [2.75, 3.05) is 33.9 Å². The van der Waals surface area contributed by atoms with Gasteiger partial charge in [0, 0.05) is 20.6 Å². The second kappa shape index (κ2) is 6.78. The minimum absolute atomic E-state index is 0.0237. The number of carbonyl (C=O) groups excluding carboxylic acids is 1. The largest absolute Gasteiger partial charge is 0.486 e. The van der Waals surface area contributed by atoms with Crippen LogP contribution in [0.25, 0.3) is 0 Å². The van der Waals surface area contributed by atoms with Crippen molar-refractivity contribution in [3.8, 4) is 11.5 Å². The third-order valence-corrected chi connectivity index (χ3v) is 3.38. The van der Waals surface area contributed by atoms with Crippen LogP contribution in [0.2, 0.25) is 0 Å². The Labute approximate surface area is 124 Å². The number of aliphatic hydroxyl groups excluding tert-OH is 1. The van der Waals surface area contributed by atoms with Crippen molar-refractivity contribution in [2.24, 2.45) is 0 Å². The highest BCUT2D eigenvalue weighted by Crippen LogP contribution is 2.32. The van der Waals surface area contributed by atoms with Gasteiger partial charge in [0.25, 0.3) is 0 Å². The fourth-order valence-corrected chi connectivity index (χ4v) is 2.15. The zero-order valence-corrected chi connectivity index (χ0v) is 12.6. The van der Waals surface area contributed by atoms with Crippen LogP contribution in [-0.4, -0.2) is 55.8 Å². The summed E-state index contributed by atoms with van der Waals surface area (Å²) in [5.41, 5.74) is 0.733. The first-order valence-corrected chi connectivity index (χ1v) is 7.01. The molecule has 2 atom stereocenters. The lowest BCUT2D eigenvalue weighted by molar-refractivity contribution is -0.130. The molecular weight excluding hydrogens is 272 g/mol. The van der Waals surface area contributed by atoms with Crippen molar-refractivity contribution >= 4 is 5.91 Å². The topological polar surface area (TPSA) is 71.0 Å². The molecule has 0 aliphatic carbocycles. The number of nitrogens with one attached hydrogen (secondary N) is 1. The maximum absolute atomic E-state index is 11.7. The molecule has 1 aromatic carbocycles. The third kappa shape index (κ3) is 3.86. The quantitative estimate of drug-likeness (QED) is 0.830. The van der Waals surface area contributed by atoms with E-state index < -0.39 is 6.10 Å². The van der Waals surface area contributed by atoms with Gasteiger partial charge in [0.2, 0.25) is 5.91 Å². The Morgan fingerprint density at radius 3 is 2.67 bits per heavy atom. The molecule has 1 amide bonds. The number of likely N-dealkylation sites (N-methyl/N-ethyl adjacent to an activating group) is 1. The SMILES string of the molecule is CC(NCC(O)c1ccc2c(c1)OCCO2)C(=O)N(C)C. The summed E-state index contributed by atoms with van der Waals surface area (Å²) in [6.45, 7) is 3.12. The van der Waals surface area contributed by atoms with Gasteiger partial charge in [-0.3, -0.25) is 4.79 Å². The van der Waals surface area contributed by atoms with Gasteiger partial charge in [-0.1, -0.05) is 6.07 Å². The predicted molar refractivity (Wildman–Crippen MR) is 78.6 cm³/mol. The fourth-order valence-electron chi connectivity index (χ4n) is 2.15. The molecule has 6 heteroatoms. The Kier molecular flexibility index (Phi) is 5.03. The number of fused-ring (bicyclic) bond motifs is 1. The minimum atomic E-state index is -0.710. The van der Waals surface area contributed by atoms with Gasteiger partial charge < -0.3 is 24.8 Å². The minimum Gasteiger partial charge on any atom is -0.486 e. The summed E-state index contributed by atoms with van der Waals surface area (Å²) >= 11 is 0. The second-order valence-electron chi connectivity index (χ2n) is 5.28. The van der Waals surface area contributed by atoms with E-state index in [2.05, 4.69) is 5.32 Å². The molecule has 1 aliphatic heterocycles. The van der Waals surface area contributed by atoms with Gasteiger partial charge in [-0.2, -0.15) is 0 Å². The smallest absolute Gasteiger partial charge is 0.238 e. The average molecular weight is 294 g/mol. The fraction of sp³-hybridized carbons (Fsp3) is 0.533. The highest BCUT2D eigenvalue weighted by Gasteiger charge is 2.18. The van der Waals surface area contributed by atoms with Gasteiger partial charge in [0.15, 0.2) is 11.5 Å². The molecule has 1 heterocycles. The van der Waals surface area contributed by atoms with Gasteiger partial charge >= 0.3 is 0 Å². The summed E-state index contributed by atoms with van der Waals surface area (Å²) in [7, 11) is 3.41. The van der Waals surface area contributed by atoms with E-state index in [9.17, 15) is 9.90 Å². The Balaban J connectivity index is 1.94. The predicted octanol–water partition coefficient (Wildman–Crippen LogP) is 0.558. The number of rotatable bonds is 5. The molecule has 0 saturated carbocycles. The molecule has 1 aliphatic rings. The van der Waals surface area contributed by atoms with Gasteiger partial charge in [-0.25, -0.2) is 0 Å². The van der Waals surface area contributed by atoms with Crippen LogP contribution in [0.4, 0.5) is 0 Å². The molecule has 2 rings (SSSR count). The maximum atomic E-state index is 11.7. The third-order valence-electron chi connectivity index (χ3n) is 3.38. The first-order chi connectivity index (χ1) is 9.99. The highest BCUT2D eigenvalue weighted by molar-refractivity contribution is 5.80. The summed E-state index contributed by atoms with van der Waals surface area (Å²) in [6.07, 6.45) is -0.710. The summed E-state index contributed by atoms with van der Waals surface area (Å²) in [5.74, 6) is 1.32. The Hall–Kier alpha value is -1.79. The van der Waals surface area contributed by atoms with Crippen LogP contribution in [0.3, 0.4) is 0 Å². The molecule has 2 unspecified atom stereocenters. The number of carbonyl (C=O) groups is 1. The van der Waals surface area contributed by atoms with Crippen molar-refractivity contribution in [1.82, 2.24) is 10.2 Å².